The Hall–Kier alpha value is -1.68. The quantitative estimate of drug-likeness (QED) is 0.810. The smallest absolute Gasteiger partial charge is 0.240 e. The van der Waals surface area contributed by atoms with Crippen molar-refractivity contribution in [1.82, 2.24) is 15.5 Å². The summed E-state index contributed by atoms with van der Waals surface area (Å²) in [5.41, 5.74) is 0.942. The van der Waals surface area contributed by atoms with Crippen LogP contribution in [-0.4, -0.2) is 16.7 Å². The summed E-state index contributed by atoms with van der Waals surface area (Å²) in [6, 6.07) is 10.2. The summed E-state index contributed by atoms with van der Waals surface area (Å²) in [6.45, 7) is 7.93. The summed E-state index contributed by atoms with van der Waals surface area (Å²) in [5, 5.41) is 7.38. The zero-order valence-electron chi connectivity index (χ0n) is 11.8. The first-order valence-corrected chi connectivity index (χ1v) is 6.74. The molecular formula is C15H21N3O. The molecule has 1 heterocycles. The topological polar surface area (TPSA) is 51.0 Å². The van der Waals surface area contributed by atoms with Crippen LogP contribution >= 0.6 is 0 Å². The van der Waals surface area contributed by atoms with Crippen molar-refractivity contribution in [2.45, 2.75) is 39.2 Å². The molecule has 0 aliphatic rings. The van der Waals surface area contributed by atoms with Gasteiger partial charge >= 0.3 is 0 Å². The Bertz CT molecular complexity index is 505. The van der Waals surface area contributed by atoms with Gasteiger partial charge in [0.2, 0.25) is 5.89 Å². The average Bonchev–Trinajstić information content (AvgIpc) is 2.90. The minimum atomic E-state index is -0.242. The second-order valence-corrected chi connectivity index (χ2v) is 5.18. The van der Waals surface area contributed by atoms with Crippen molar-refractivity contribution in [3.05, 3.63) is 47.6 Å². The van der Waals surface area contributed by atoms with Crippen LogP contribution in [0.2, 0.25) is 0 Å². The van der Waals surface area contributed by atoms with Gasteiger partial charge in [-0.15, -0.1) is 0 Å². The fourth-order valence-electron chi connectivity index (χ4n) is 1.94. The van der Waals surface area contributed by atoms with Gasteiger partial charge in [0.05, 0.1) is 12.0 Å². The van der Waals surface area contributed by atoms with Gasteiger partial charge in [-0.05, 0) is 32.4 Å². The molecule has 1 N–H and O–H groups in total. The van der Waals surface area contributed by atoms with E-state index in [4.69, 9.17) is 4.52 Å². The van der Waals surface area contributed by atoms with Crippen LogP contribution in [0, 0.1) is 0 Å². The third kappa shape index (κ3) is 3.20. The summed E-state index contributed by atoms with van der Waals surface area (Å²) in [6.07, 6.45) is 1.09. The van der Waals surface area contributed by atoms with E-state index < -0.39 is 0 Å². The molecule has 19 heavy (non-hydrogen) atoms. The van der Waals surface area contributed by atoms with E-state index in [1.807, 2.05) is 18.2 Å². The first-order chi connectivity index (χ1) is 9.14. The van der Waals surface area contributed by atoms with Crippen molar-refractivity contribution in [2.75, 3.05) is 6.54 Å². The molecule has 0 amide bonds. The molecule has 0 aliphatic heterocycles. The van der Waals surface area contributed by atoms with E-state index in [1.54, 1.807) is 0 Å². The standard InChI is InChI=1S/C15H21N3O/c1-4-10-16-11-13-17-14(18-19-13)15(2,3)12-8-6-5-7-9-12/h5-9,16H,4,10-11H2,1-3H3. The Balaban J connectivity index is 2.13. The highest BCUT2D eigenvalue weighted by Crippen LogP contribution is 2.28. The molecule has 0 saturated heterocycles. The second-order valence-electron chi connectivity index (χ2n) is 5.18. The minimum Gasteiger partial charge on any atom is -0.338 e. The van der Waals surface area contributed by atoms with Gasteiger partial charge in [-0.25, -0.2) is 0 Å². The Morgan fingerprint density at radius 3 is 2.63 bits per heavy atom. The van der Waals surface area contributed by atoms with E-state index in [9.17, 15) is 0 Å². The van der Waals surface area contributed by atoms with E-state index in [2.05, 4.69) is 48.4 Å². The zero-order chi connectivity index (χ0) is 13.7. The predicted octanol–water partition coefficient (Wildman–Crippen LogP) is 2.90. The largest absolute Gasteiger partial charge is 0.338 e. The first-order valence-electron chi connectivity index (χ1n) is 6.74. The molecule has 2 aromatic rings. The Morgan fingerprint density at radius 1 is 1.21 bits per heavy atom. The van der Waals surface area contributed by atoms with Crippen LogP contribution in [0.5, 0.6) is 0 Å². The van der Waals surface area contributed by atoms with E-state index in [0.717, 1.165) is 18.8 Å². The van der Waals surface area contributed by atoms with Crippen molar-refractivity contribution in [2.24, 2.45) is 0 Å². The Kier molecular flexibility index (Phi) is 4.32. The van der Waals surface area contributed by atoms with Crippen molar-refractivity contribution < 1.29 is 4.52 Å². The molecule has 0 unspecified atom stereocenters. The lowest BCUT2D eigenvalue weighted by Gasteiger charge is -2.20. The molecule has 0 atom stereocenters. The molecule has 1 aromatic carbocycles. The van der Waals surface area contributed by atoms with Crippen LogP contribution in [0.1, 0.15) is 44.5 Å². The maximum Gasteiger partial charge on any atom is 0.240 e. The number of nitrogens with zero attached hydrogens (tertiary/aromatic N) is 2. The molecule has 0 saturated carbocycles. The first kappa shape index (κ1) is 13.7. The number of nitrogens with one attached hydrogen (secondary N) is 1. The number of hydrogen-bond acceptors (Lipinski definition) is 4. The highest BCUT2D eigenvalue weighted by molar-refractivity contribution is 5.30. The summed E-state index contributed by atoms with van der Waals surface area (Å²) in [5.74, 6) is 1.37. The molecular weight excluding hydrogens is 238 g/mol. The fraction of sp³-hybridized carbons (Fsp3) is 0.467. The molecule has 1 aromatic heterocycles. The Labute approximate surface area is 114 Å². The maximum atomic E-state index is 5.30. The Morgan fingerprint density at radius 2 is 1.95 bits per heavy atom. The molecule has 0 radical (unpaired) electrons. The van der Waals surface area contributed by atoms with Gasteiger partial charge in [0, 0.05) is 0 Å². The number of rotatable bonds is 6. The highest BCUT2D eigenvalue weighted by Gasteiger charge is 2.28. The van der Waals surface area contributed by atoms with Gasteiger partial charge in [0.15, 0.2) is 5.82 Å². The molecule has 0 bridgehead atoms. The second kappa shape index (κ2) is 5.97. The minimum absolute atomic E-state index is 0.242. The summed E-state index contributed by atoms with van der Waals surface area (Å²) in [7, 11) is 0. The normalized spacial score (nSPS) is 11.7. The monoisotopic (exact) mass is 259 g/mol. The van der Waals surface area contributed by atoms with E-state index >= 15 is 0 Å². The molecule has 4 heteroatoms. The number of hydrogen-bond donors (Lipinski definition) is 1. The van der Waals surface area contributed by atoms with Gasteiger partial charge in [-0.2, -0.15) is 4.98 Å². The number of aromatic nitrogens is 2. The molecule has 4 nitrogen and oxygen atoms in total. The van der Waals surface area contributed by atoms with Gasteiger partial charge in [0.25, 0.3) is 0 Å². The molecule has 2 rings (SSSR count). The molecule has 0 spiro atoms. The van der Waals surface area contributed by atoms with Crippen molar-refractivity contribution in [3.8, 4) is 0 Å². The van der Waals surface area contributed by atoms with Crippen LogP contribution in [0.15, 0.2) is 34.9 Å². The zero-order valence-corrected chi connectivity index (χ0v) is 11.8. The maximum absolute atomic E-state index is 5.30. The van der Waals surface area contributed by atoms with Crippen LogP contribution in [0.25, 0.3) is 0 Å². The van der Waals surface area contributed by atoms with Gasteiger partial charge in [0.1, 0.15) is 0 Å². The average molecular weight is 259 g/mol. The lowest BCUT2D eigenvalue weighted by Crippen LogP contribution is -2.21. The number of benzene rings is 1. The lowest BCUT2D eigenvalue weighted by molar-refractivity contribution is 0.357. The fourth-order valence-corrected chi connectivity index (χ4v) is 1.94. The third-order valence-corrected chi connectivity index (χ3v) is 3.23. The SMILES string of the molecule is CCCNCc1nc(C(C)(C)c2ccccc2)no1. The third-order valence-electron chi connectivity index (χ3n) is 3.23. The summed E-state index contributed by atoms with van der Waals surface area (Å²) < 4.78 is 5.30. The van der Waals surface area contributed by atoms with E-state index in [-0.39, 0.29) is 5.41 Å². The van der Waals surface area contributed by atoms with Crippen molar-refractivity contribution in [1.29, 1.82) is 0 Å². The molecule has 0 aliphatic carbocycles. The molecule has 0 fully saturated rings. The van der Waals surface area contributed by atoms with Crippen LogP contribution in [0.4, 0.5) is 0 Å². The van der Waals surface area contributed by atoms with Gasteiger partial charge < -0.3 is 9.84 Å². The van der Waals surface area contributed by atoms with E-state index in [1.165, 1.54) is 5.56 Å². The van der Waals surface area contributed by atoms with E-state index in [0.29, 0.717) is 12.4 Å². The van der Waals surface area contributed by atoms with Crippen LogP contribution < -0.4 is 5.32 Å². The van der Waals surface area contributed by atoms with Crippen molar-refractivity contribution in [3.63, 3.8) is 0 Å². The summed E-state index contributed by atoms with van der Waals surface area (Å²) >= 11 is 0. The lowest BCUT2D eigenvalue weighted by atomic mass is 9.84. The molecule has 102 valence electrons. The van der Waals surface area contributed by atoms with Gasteiger partial charge in [-0.3, -0.25) is 0 Å². The highest BCUT2D eigenvalue weighted by atomic mass is 16.5. The van der Waals surface area contributed by atoms with Gasteiger partial charge in [-0.1, -0.05) is 42.4 Å². The predicted molar refractivity (Wildman–Crippen MR) is 74.9 cm³/mol. The summed E-state index contributed by atoms with van der Waals surface area (Å²) in [4.78, 5) is 4.49. The van der Waals surface area contributed by atoms with Crippen LogP contribution in [-0.2, 0) is 12.0 Å². The van der Waals surface area contributed by atoms with Crippen molar-refractivity contribution >= 4 is 0 Å². The van der Waals surface area contributed by atoms with Crippen LogP contribution in [0.3, 0.4) is 0 Å².